The van der Waals surface area contributed by atoms with Crippen LogP contribution < -0.4 is 10.1 Å². The monoisotopic (exact) mass is 395 g/mol. The summed E-state index contributed by atoms with van der Waals surface area (Å²) in [5.74, 6) is 0.230. The molecule has 2 aromatic carbocycles. The second-order valence-corrected chi connectivity index (χ2v) is 7.42. The molecule has 1 N–H and O–H groups in total. The van der Waals surface area contributed by atoms with E-state index < -0.39 is 6.10 Å². The highest BCUT2D eigenvalue weighted by Crippen LogP contribution is 2.30. The normalized spacial score (nSPS) is 13.9. The fourth-order valence-corrected chi connectivity index (χ4v) is 3.43. The van der Waals surface area contributed by atoms with Crippen LogP contribution in [0, 0.1) is 0 Å². The average molecular weight is 395 g/mol. The van der Waals surface area contributed by atoms with E-state index in [2.05, 4.69) is 11.4 Å². The molecule has 0 saturated heterocycles. The Kier molecular flexibility index (Phi) is 7.28. The van der Waals surface area contributed by atoms with Crippen molar-refractivity contribution in [2.75, 3.05) is 11.9 Å². The van der Waals surface area contributed by atoms with Crippen LogP contribution in [0.5, 0.6) is 5.75 Å². The molecule has 5 nitrogen and oxygen atoms in total. The Morgan fingerprint density at radius 3 is 2.59 bits per heavy atom. The van der Waals surface area contributed by atoms with Gasteiger partial charge in [-0.1, -0.05) is 25.5 Å². The highest BCUT2D eigenvalue weighted by Gasteiger charge is 2.19. The van der Waals surface area contributed by atoms with E-state index in [1.807, 2.05) is 19.1 Å². The molecule has 1 unspecified atom stereocenters. The van der Waals surface area contributed by atoms with Gasteiger partial charge in [0.2, 0.25) is 0 Å². The molecule has 0 spiro atoms. The molecule has 0 fully saturated rings. The maximum atomic E-state index is 12.6. The van der Waals surface area contributed by atoms with Gasteiger partial charge < -0.3 is 14.8 Å². The molecular formula is C24H29NO4. The Balaban J connectivity index is 1.57. The lowest BCUT2D eigenvalue weighted by atomic mass is 9.91. The molecule has 2 aromatic rings. The van der Waals surface area contributed by atoms with Crippen molar-refractivity contribution in [2.24, 2.45) is 0 Å². The molecule has 154 valence electrons. The third kappa shape index (κ3) is 5.59. The van der Waals surface area contributed by atoms with Gasteiger partial charge >= 0.3 is 5.97 Å². The number of rotatable bonds is 8. The van der Waals surface area contributed by atoms with Crippen molar-refractivity contribution in [1.29, 1.82) is 0 Å². The number of aryl methyl sites for hydroxylation is 1. The Bertz CT molecular complexity index is 844. The van der Waals surface area contributed by atoms with Gasteiger partial charge in [-0.3, -0.25) is 4.79 Å². The number of amides is 1. The zero-order valence-corrected chi connectivity index (χ0v) is 17.2. The van der Waals surface area contributed by atoms with E-state index in [1.165, 1.54) is 17.5 Å². The fourth-order valence-electron chi connectivity index (χ4n) is 3.43. The summed E-state index contributed by atoms with van der Waals surface area (Å²) < 4.78 is 11.2. The first-order chi connectivity index (χ1) is 14.1. The number of fused-ring (bicyclic) bond motifs is 1. The van der Waals surface area contributed by atoms with E-state index in [1.54, 1.807) is 31.2 Å². The van der Waals surface area contributed by atoms with E-state index >= 15 is 0 Å². The highest BCUT2D eigenvalue weighted by molar-refractivity contribution is 5.95. The molecular weight excluding hydrogens is 366 g/mol. The van der Waals surface area contributed by atoms with Crippen LogP contribution in [0.1, 0.15) is 61.0 Å². The van der Waals surface area contributed by atoms with Gasteiger partial charge in [0.1, 0.15) is 5.75 Å². The number of hydrogen-bond acceptors (Lipinski definition) is 4. The number of esters is 1. The number of hydrogen-bond donors (Lipinski definition) is 1. The standard InChI is InChI=1S/C24H29NO4/c1-3-4-16-28-24(27)19-12-14-20(15-13-19)25-23(26)17(2)29-22-11-7-9-18-8-5-6-10-21(18)22/h7,9,11-15,17H,3-6,8,10,16H2,1-2H3,(H,25,26). The number of unbranched alkanes of at least 4 members (excludes halogenated alkanes) is 1. The van der Waals surface area contributed by atoms with Crippen molar-refractivity contribution >= 4 is 17.6 Å². The molecule has 0 radical (unpaired) electrons. The lowest BCUT2D eigenvalue weighted by Gasteiger charge is -2.22. The van der Waals surface area contributed by atoms with E-state index in [4.69, 9.17) is 9.47 Å². The highest BCUT2D eigenvalue weighted by atomic mass is 16.5. The molecule has 0 saturated carbocycles. The molecule has 5 heteroatoms. The third-order valence-corrected chi connectivity index (χ3v) is 5.15. The first kappa shape index (κ1) is 20.9. The molecule has 0 aliphatic heterocycles. The molecule has 3 rings (SSSR count). The van der Waals surface area contributed by atoms with Crippen molar-refractivity contribution in [2.45, 2.75) is 58.5 Å². The maximum Gasteiger partial charge on any atom is 0.338 e. The minimum Gasteiger partial charge on any atom is -0.481 e. The first-order valence-corrected chi connectivity index (χ1v) is 10.4. The molecule has 1 aliphatic carbocycles. The van der Waals surface area contributed by atoms with Gasteiger partial charge in [-0.25, -0.2) is 4.79 Å². The van der Waals surface area contributed by atoms with Crippen molar-refractivity contribution in [3.8, 4) is 5.75 Å². The lowest BCUT2D eigenvalue weighted by Crippen LogP contribution is -2.30. The van der Waals surface area contributed by atoms with Gasteiger partial charge in [0, 0.05) is 5.69 Å². The van der Waals surface area contributed by atoms with Crippen LogP contribution in [0.15, 0.2) is 42.5 Å². The Labute approximate surface area is 172 Å². The first-order valence-electron chi connectivity index (χ1n) is 10.4. The van der Waals surface area contributed by atoms with Crippen LogP contribution in [-0.4, -0.2) is 24.6 Å². The van der Waals surface area contributed by atoms with E-state index in [0.29, 0.717) is 17.9 Å². The number of ether oxygens (including phenoxy) is 2. The number of nitrogens with one attached hydrogen (secondary N) is 1. The number of carbonyl (C=O) groups excluding carboxylic acids is 2. The fraction of sp³-hybridized carbons (Fsp3) is 0.417. The van der Waals surface area contributed by atoms with E-state index in [-0.39, 0.29) is 11.9 Å². The summed E-state index contributed by atoms with van der Waals surface area (Å²) in [4.78, 5) is 24.5. The number of benzene rings is 2. The van der Waals surface area contributed by atoms with Gasteiger partial charge in [-0.2, -0.15) is 0 Å². The topological polar surface area (TPSA) is 64.6 Å². The van der Waals surface area contributed by atoms with Gasteiger partial charge in [-0.15, -0.1) is 0 Å². The number of carbonyl (C=O) groups is 2. The predicted octanol–water partition coefficient (Wildman–Crippen LogP) is 4.93. The maximum absolute atomic E-state index is 12.6. The van der Waals surface area contributed by atoms with Crippen molar-refractivity contribution in [3.05, 3.63) is 59.2 Å². The minimum absolute atomic E-state index is 0.225. The lowest BCUT2D eigenvalue weighted by molar-refractivity contribution is -0.122. The Hall–Kier alpha value is -2.82. The summed E-state index contributed by atoms with van der Waals surface area (Å²) >= 11 is 0. The molecule has 0 bridgehead atoms. The quantitative estimate of drug-likeness (QED) is 0.508. The van der Waals surface area contributed by atoms with Crippen LogP contribution >= 0.6 is 0 Å². The van der Waals surface area contributed by atoms with Gasteiger partial charge in [0.05, 0.1) is 12.2 Å². The van der Waals surface area contributed by atoms with Crippen LogP contribution in [0.4, 0.5) is 5.69 Å². The summed E-state index contributed by atoms with van der Waals surface area (Å²) in [7, 11) is 0. The molecule has 1 atom stereocenters. The Morgan fingerprint density at radius 2 is 1.83 bits per heavy atom. The Morgan fingerprint density at radius 1 is 1.07 bits per heavy atom. The molecule has 29 heavy (non-hydrogen) atoms. The predicted molar refractivity (Wildman–Crippen MR) is 113 cm³/mol. The van der Waals surface area contributed by atoms with Crippen LogP contribution in [0.2, 0.25) is 0 Å². The van der Waals surface area contributed by atoms with Crippen molar-refractivity contribution in [1.82, 2.24) is 0 Å². The largest absolute Gasteiger partial charge is 0.481 e. The van der Waals surface area contributed by atoms with Gasteiger partial charge in [0.15, 0.2) is 6.10 Å². The summed E-state index contributed by atoms with van der Waals surface area (Å²) in [5.41, 5.74) is 3.64. The van der Waals surface area contributed by atoms with E-state index in [0.717, 1.165) is 37.9 Å². The van der Waals surface area contributed by atoms with Gasteiger partial charge in [0.25, 0.3) is 5.91 Å². The molecule has 0 aromatic heterocycles. The second-order valence-electron chi connectivity index (χ2n) is 7.42. The smallest absolute Gasteiger partial charge is 0.338 e. The SMILES string of the molecule is CCCCOC(=O)c1ccc(NC(=O)C(C)Oc2cccc3c2CCCC3)cc1. The molecule has 0 heterocycles. The summed E-state index contributed by atoms with van der Waals surface area (Å²) in [6, 6.07) is 12.8. The zero-order chi connectivity index (χ0) is 20.6. The summed E-state index contributed by atoms with van der Waals surface area (Å²) in [6.07, 6.45) is 5.63. The molecule has 1 amide bonds. The average Bonchev–Trinajstić information content (AvgIpc) is 2.74. The van der Waals surface area contributed by atoms with Crippen LogP contribution in [0.25, 0.3) is 0 Å². The molecule has 1 aliphatic rings. The van der Waals surface area contributed by atoms with Crippen molar-refractivity contribution < 1.29 is 19.1 Å². The summed E-state index contributed by atoms with van der Waals surface area (Å²) in [6.45, 7) is 4.21. The van der Waals surface area contributed by atoms with Crippen LogP contribution in [-0.2, 0) is 22.4 Å². The summed E-state index contributed by atoms with van der Waals surface area (Å²) in [5, 5.41) is 2.84. The second kappa shape index (κ2) is 10.1. The number of anilines is 1. The minimum atomic E-state index is -0.623. The van der Waals surface area contributed by atoms with Crippen LogP contribution in [0.3, 0.4) is 0 Å². The third-order valence-electron chi connectivity index (χ3n) is 5.15. The van der Waals surface area contributed by atoms with E-state index in [9.17, 15) is 9.59 Å². The van der Waals surface area contributed by atoms with Gasteiger partial charge in [-0.05, 0) is 80.5 Å². The van der Waals surface area contributed by atoms with Crippen molar-refractivity contribution in [3.63, 3.8) is 0 Å². The zero-order valence-electron chi connectivity index (χ0n) is 17.2.